The second-order valence-electron chi connectivity index (χ2n) is 7.89. The summed E-state index contributed by atoms with van der Waals surface area (Å²) in [5, 5.41) is 0. The zero-order valence-corrected chi connectivity index (χ0v) is 17.8. The van der Waals surface area contributed by atoms with E-state index in [1.807, 2.05) is 38.1 Å². The molecule has 28 heavy (non-hydrogen) atoms. The molecule has 3 aliphatic rings. The molecule has 0 radical (unpaired) electrons. The van der Waals surface area contributed by atoms with Crippen LogP contribution >= 0.6 is 15.9 Å². The zero-order valence-electron chi connectivity index (χ0n) is 16.2. The second kappa shape index (κ2) is 7.47. The number of rotatable bonds is 6. The van der Waals surface area contributed by atoms with Gasteiger partial charge in [0.1, 0.15) is 0 Å². The minimum Gasteiger partial charge on any atom is -0.343 e. The zero-order chi connectivity index (χ0) is 20.0. The van der Waals surface area contributed by atoms with Gasteiger partial charge >= 0.3 is 0 Å². The van der Waals surface area contributed by atoms with E-state index in [1.54, 1.807) is 4.90 Å². The Morgan fingerprint density at radius 2 is 1.75 bits per heavy atom. The van der Waals surface area contributed by atoms with Crippen LogP contribution in [0, 0.1) is 23.7 Å². The molecule has 148 valence electrons. The number of imide groups is 1. The van der Waals surface area contributed by atoms with Gasteiger partial charge in [-0.1, -0.05) is 40.2 Å². The fourth-order valence-electron chi connectivity index (χ4n) is 5.18. The Labute approximate surface area is 173 Å². The second-order valence-corrected chi connectivity index (χ2v) is 8.80. The van der Waals surface area contributed by atoms with E-state index in [-0.39, 0.29) is 47.8 Å². The number of halogens is 1. The van der Waals surface area contributed by atoms with Crippen molar-refractivity contribution in [3.8, 4) is 0 Å². The lowest BCUT2D eigenvalue weighted by Crippen LogP contribution is -2.40. The summed E-state index contributed by atoms with van der Waals surface area (Å²) in [6, 6.07) is 7.02. The van der Waals surface area contributed by atoms with Crippen molar-refractivity contribution in [3.05, 3.63) is 46.5 Å². The van der Waals surface area contributed by atoms with E-state index < -0.39 is 6.04 Å². The molecule has 1 heterocycles. The number of carbonyl (C=O) groups is 3. The summed E-state index contributed by atoms with van der Waals surface area (Å²) < 4.78 is 0.867. The number of carbonyl (C=O) groups excluding carboxylic acids is 3. The highest BCUT2D eigenvalue weighted by Crippen LogP contribution is 2.54. The van der Waals surface area contributed by atoms with E-state index in [4.69, 9.17) is 0 Å². The fraction of sp³-hybridized carbons (Fsp3) is 0.500. The summed E-state index contributed by atoms with van der Waals surface area (Å²) in [4.78, 5) is 42.7. The Morgan fingerprint density at radius 3 is 2.29 bits per heavy atom. The predicted octanol–water partition coefficient (Wildman–Crippen LogP) is 3.56. The van der Waals surface area contributed by atoms with Crippen molar-refractivity contribution < 1.29 is 14.4 Å². The van der Waals surface area contributed by atoms with E-state index in [1.165, 1.54) is 4.90 Å². The van der Waals surface area contributed by atoms with E-state index in [9.17, 15) is 14.4 Å². The smallest absolute Gasteiger partial charge is 0.234 e. The van der Waals surface area contributed by atoms with Crippen LogP contribution in [0.4, 0.5) is 0 Å². The molecule has 5 unspecified atom stereocenters. The third-order valence-corrected chi connectivity index (χ3v) is 7.03. The topological polar surface area (TPSA) is 57.7 Å². The number of benzene rings is 1. The highest BCUT2D eigenvalue weighted by Gasteiger charge is 2.60. The molecule has 2 fully saturated rings. The van der Waals surface area contributed by atoms with Crippen molar-refractivity contribution >= 4 is 33.7 Å². The third kappa shape index (κ3) is 3.02. The quantitative estimate of drug-likeness (QED) is 0.497. The van der Waals surface area contributed by atoms with Crippen molar-refractivity contribution in [1.29, 1.82) is 0 Å². The average Bonchev–Trinajstić information content (AvgIpc) is 3.35. The van der Waals surface area contributed by atoms with Crippen LogP contribution in [0.25, 0.3) is 0 Å². The molecule has 2 aliphatic carbocycles. The van der Waals surface area contributed by atoms with Crippen molar-refractivity contribution in [1.82, 2.24) is 9.80 Å². The molecule has 2 bridgehead atoms. The van der Waals surface area contributed by atoms with Gasteiger partial charge in [-0.2, -0.15) is 0 Å². The molecule has 1 aliphatic heterocycles. The monoisotopic (exact) mass is 444 g/mol. The van der Waals surface area contributed by atoms with Gasteiger partial charge in [-0.05, 0) is 49.8 Å². The molecule has 1 saturated heterocycles. The molecule has 5 nitrogen and oxygen atoms in total. The first-order chi connectivity index (χ1) is 13.5. The molecular formula is C22H25BrN2O3. The molecule has 3 amide bonds. The lowest BCUT2D eigenvalue weighted by molar-refractivity contribution is -0.145. The fourth-order valence-corrected chi connectivity index (χ4v) is 5.59. The Bertz CT molecular complexity index is 818. The molecule has 6 heteroatoms. The van der Waals surface area contributed by atoms with Crippen LogP contribution in [0.1, 0.15) is 38.3 Å². The first-order valence-corrected chi connectivity index (χ1v) is 10.8. The van der Waals surface area contributed by atoms with E-state index in [2.05, 4.69) is 28.1 Å². The standard InChI is InChI=1S/C22H25BrN2O3/c1-3-24(4-2)18(26)12-17(13-6-5-7-16(23)11-13)25-21(27)19-14-8-9-15(10-14)20(19)22(25)28/h5-9,11,14-15,17,19-20H,3-4,10,12H2,1-2H3. The molecule has 1 aromatic rings. The molecule has 0 spiro atoms. The molecular weight excluding hydrogens is 420 g/mol. The number of allylic oxidation sites excluding steroid dienone is 2. The summed E-state index contributed by atoms with van der Waals surface area (Å²) in [6.07, 6.45) is 5.21. The van der Waals surface area contributed by atoms with Gasteiger partial charge in [-0.15, -0.1) is 0 Å². The number of fused-ring (bicyclic) bond motifs is 5. The van der Waals surface area contributed by atoms with Crippen LogP contribution in [0.2, 0.25) is 0 Å². The predicted molar refractivity (Wildman–Crippen MR) is 109 cm³/mol. The Balaban J connectivity index is 1.69. The first kappa shape index (κ1) is 19.4. The molecule has 1 saturated carbocycles. The van der Waals surface area contributed by atoms with Crippen molar-refractivity contribution in [2.24, 2.45) is 23.7 Å². The lowest BCUT2D eigenvalue weighted by Gasteiger charge is -2.30. The highest BCUT2D eigenvalue weighted by molar-refractivity contribution is 9.10. The van der Waals surface area contributed by atoms with Gasteiger partial charge in [-0.25, -0.2) is 0 Å². The van der Waals surface area contributed by atoms with E-state index >= 15 is 0 Å². The maximum Gasteiger partial charge on any atom is 0.234 e. The Hall–Kier alpha value is -1.95. The number of nitrogens with zero attached hydrogens (tertiary/aromatic N) is 2. The number of hydrogen-bond acceptors (Lipinski definition) is 3. The van der Waals surface area contributed by atoms with Crippen molar-refractivity contribution in [2.75, 3.05) is 13.1 Å². The average molecular weight is 445 g/mol. The molecule has 1 aromatic carbocycles. The molecule has 4 rings (SSSR count). The Kier molecular flexibility index (Phi) is 5.17. The van der Waals surface area contributed by atoms with Gasteiger partial charge in [-0.3, -0.25) is 19.3 Å². The molecule has 5 atom stereocenters. The summed E-state index contributed by atoms with van der Waals surface area (Å²) in [5.41, 5.74) is 0.817. The van der Waals surface area contributed by atoms with Crippen LogP contribution in [-0.2, 0) is 14.4 Å². The summed E-state index contributed by atoms with van der Waals surface area (Å²) in [5.74, 6) is -0.417. The van der Waals surface area contributed by atoms with Gasteiger partial charge in [0.15, 0.2) is 0 Å². The largest absolute Gasteiger partial charge is 0.343 e. The maximum atomic E-state index is 13.3. The van der Waals surface area contributed by atoms with Gasteiger partial charge in [0, 0.05) is 17.6 Å². The summed E-state index contributed by atoms with van der Waals surface area (Å²) in [7, 11) is 0. The number of hydrogen-bond donors (Lipinski definition) is 0. The first-order valence-electron chi connectivity index (χ1n) is 10.0. The molecule has 0 N–H and O–H groups in total. The van der Waals surface area contributed by atoms with Crippen LogP contribution in [-0.4, -0.2) is 40.6 Å². The van der Waals surface area contributed by atoms with Crippen LogP contribution in [0.3, 0.4) is 0 Å². The minimum atomic E-state index is -0.560. The van der Waals surface area contributed by atoms with Crippen molar-refractivity contribution in [2.45, 2.75) is 32.7 Å². The van der Waals surface area contributed by atoms with Crippen LogP contribution < -0.4 is 0 Å². The van der Waals surface area contributed by atoms with E-state index in [0.29, 0.717) is 13.1 Å². The molecule has 0 aromatic heterocycles. The summed E-state index contributed by atoms with van der Waals surface area (Å²) in [6.45, 7) is 5.11. The minimum absolute atomic E-state index is 0.0336. The van der Waals surface area contributed by atoms with Crippen LogP contribution in [0.15, 0.2) is 40.9 Å². The normalized spacial score (nSPS) is 28.8. The van der Waals surface area contributed by atoms with Gasteiger partial charge in [0.05, 0.1) is 24.3 Å². The van der Waals surface area contributed by atoms with Crippen molar-refractivity contribution in [3.63, 3.8) is 0 Å². The third-order valence-electron chi connectivity index (χ3n) is 6.53. The highest BCUT2D eigenvalue weighted by atomic mass is 79.9. The maximum absolute atomic E-state index is 13.3. The van der Waals surface area contributed by atoms with Crippen LogP contribution in [0.5, 0.6) is 0 Å². The van der Waals surface area contributed by atoms with Gasteiger partial charge < -0.3 is 4.90 Å². The lowest BCUT2D eigenvalue weighted by atomic mass is 9.85. The SMILES string of the molecule is CCN(CC)C(=O)CC(c1cccc(Br)c1)N1C(=O)C2C3C=CC(C3)C2C1=O. The number of likely N-dealkylation sites (tertiary alicyclic amines) is 1. The Morgan fingerprint density at radius 1 is 1.14 bits per heavy atom. The summed E-state index contributed by atoms with van der Waals surface area (Å²) >= 11 is 3.48. The van der Waals surface area contributed by atoms with Gasteiger partial charge in [0.2, 0.25) is 17.7 Å². The van der Waals surface area contributed by atoms with E-state index in [0.717, 1.165) is 16.5 Å². The number of amides is 3. The van der Waals surface area contributed by atoms with Gasteiger partial charge in [0.25, 0.3) is 0 Å².